The third kappa shape index (κ3) is 3.84. The number of carbonyl (C=O) groups is 1. The van der Waals surface area contributed by atoms with Crippen LogP contribution < -0.4 is 10.1 Å². The quantitative estimate of drug-likeness (QED) is 0.852. The van der Waals surface area contributed by atoms with Gasteiger partial charge in [0.1, 0.15) is 5.75 Å². The van der Waals surface area contributed by atoms with Crippen molar-refractivity contribution in [3.63, 3.8) is 0 Å². The number of hydrogen-bond acceptors (Lipinski definition) is 4. The molecule has 6 nitrogen and oxygen atoms in total. The lowest BCUT2D eigenvalue weighted by atomic mass is 10.3. The number of nitrogens with zero attached hydrogens (tertiary/aromatic N) is 1. The molecule has 0 atom stereocenters. The molecule has 20 heavy (non-hydrogen) atoms. The highest BCUT2D eigenvalue weighted by molar-refractivity contribution is 7.89. The predicted octanol–water partition coefficient (Wildman–Crippen LogP) is 1.11. The van der Waals surface area contributed by atoms with Crippen LogP contribution in [0.4, 0.5) is 0 Å². The molecule has 8 heteroatoms. The van der Waals surface area contributed by atoms with Crippen LogP contribution >= 0.6 is 11.6 Å². The summed E-state index contributed by atoms with van der Waals surface area (Å²) in [4.78, 5) is 11.3. The van der Waals surface area contributed by atoms with E-state index in [9.17, 15) is 13.2 Å². The Hall–Kier alpha value is -1.31. The second-order valence-corrected chi connectivity index (χ2v) is 6.41. The minimum Gasteiger partial charge on any atom is -0.492 e. The Morgan fingerprint density at radius 2 is 2.10 bits per heavy atom. The van der Waals surface area contributed by atoms with Crippen LogP contribution in [-0.4, -0.2) is 45.9 Å². The second kappa shape index (κ2) is 6.92. The number of hydrogen-bond donors (Lipinski definition) is 1. The van der Waals surface area contributed by atoms with Crippen LogP contribution in [0.25, 0.3) is 0 Å². The molecular formula is C12H17ClN2O4S. The molecule has 0 spiro atoms. The highest BCUT2D eigenvalue weighted by atomic mass is 35.5. The second-order valence-electron chi connectivity index (χ2n) is 3.96. The summed E-state index contributed by atoms with van der Waals surface area (Å²) in [6.45, 7) is 1.98. The van der Waals surface area contributed by atoms with Gasteiger partial charge in [-0.25, -0.2) is 8.42 Å². The van der Waals surface area contributed by atoms with Gasteiger partial charge in [0.15, 0.2) is 0 Å². The van der Waals surface area contributed by atoms with Gasteiger partial charge in [-0.2, -0.15) is 4.31 Å². The van der Waals surface area contributed by atoms with Crippen LogP contribution in [0.15, 0.2) is 23.1 Å². The van der Waals surface area contributed by atoms with Gasteiger partial charge in [-0.05, 0) is 25.1 Å². The molecule has 0 saturated heterocycles. The van der Waals surface area contributed by atoms with Crippen LogP contribution in [0.5, 0.6) is 5.75 Å². The van der Waals surface area contributed by atoms with E-state index in [0.29, 0.717) is 12.4 Å². The van der Waals surface area contributed by atoms with Crippen molar-refractivity contribution in [1.29, 1.82) is 0 Å². The van der Waals surface area contributed by atoms with E-state index in [1.807, 2.05) is 0 Å². The first kappa shape index (κ1) is 16.7. The lowest BCUT2D eigenvalue weighted by molar-refractivity contribution is -0.120. The molecule has 0 saturated carbocycles. The highest BCUT2D eigenvalue weighted by Gasteiger charge is 2.23. The summed E-state index contributed by atoms with van der Waals surface area (Å²) in [5, 5.41) is 2.58. The monoisotopic (exact) mass is 320 g/mol. The molecule has 0 aliphatic carbocycles. The molecule has 0 unspecified atom stereocenters. The van der Waals surface area contributed by atoms with E-state index < -0.39 is 15.9 Å². The summed E-state index contributed by atoms with van der Waals surface area (Å²) in [6, 6.07) is 4.20. The van der Waals surface area contributed by atoms with E-state index >= 15 is 0 Å². The van der Waals surface area contributed by atoms with Crippen LogP contribution in [0, 0.1) is 0 Å². The molecule has 0 aliphatic rings. The van der Waals surface area contributed by atoms with Gasteiger partial charge in [0.05, 0.1) is 23.1 Å². The van der Waals surface area contributed by atoms with Crippen molar-refractivity contribution in [3.05, 3.63) is 23.2 Å². The number of ether oxygens (including phenoxy) is 1. The van der Waals surface area contributed by atoms with Crippen molar-refractivity contribution in [3.8, 4) is 5.75 Å². The Balaban J connectivity index is 3.03. The van der Waals surface area contributed by atoms with Crippen LogP contribution in [0.2, 0.25) is 5.02 Å². The fraction of sp³-hybridized carbons (Fsp3) is 0.417. The maximum atomic E-state index is 12.3. The molecular weight excluding hydrogens is 304 g/mol. The molecule has 0 radical (unpaired) electrons. The van der Waals surface area contributed by atoms with E-state index in [1.165, 1.54) is 32.3 Å². The van der Waals surface area contributed by atoms with E-state index in [1.54, 1.807) is 6.92 Å². The molecule has 0 aromatic heterocycles. The highest BCUT2D eigenvalue weighted by Crippen LogP contribution is 2.28. The molecule has 1 aromatic carbocycles. The van der Waals surface area contributed by atoms with E-state index in [-0.39, 0.29) is 16.5 Å². The van der Waals surface area contributed by atoms with E-state index in [0.717, 1.165) is 4.31 Å². The Morgan fingerprint density at radius 3 is 2.60 bits per heavy atom. The molecule has 0 heterocycles. The lowest BCUT2D eigenvalue weighted by Crippen LogP contribution is -2.36. The molecule has 0 bridgehead atoms. The zero-order valence-corrected chi connectivity index (χ0v) is 13.1. The number of nitrogens with one attached hydrogen (secondary N) is 1. The van der Waals surface area contributed by atoms with Gasteiger partial charge in [0.2, 0.25) is 15.9 Å². The Bertz CT molecular complexity index is 589. The standard InChI is InChI=1S/C12H17ClN2O4S/c1-4-19-11-6-5-9(7-10(11)13)20(17,18)15(3)8-12(16)14-2/h5-7H,4,8H2,1-3H3,(H,14,16). The lowest BCUT2D eigenvalue weighted by Gasteiger charge is -2.17. The van der Waals surface area contributed by atoms with Crippen LogP contribution in [0.3, 0.4) is 0 Å². The molecule has 1 rings (SSSR count). The third-order valence-corrected chi connectivity index (χ3v) is 4.65. The first-order chi connectivity index (χ1) is 9.32. The smallest absolute Gasteiger partial charge is 0.243 e. The Kier molecular flexibility index (Phi) is 5.79. The minimum absolute atomic E-state index is 0.0114. The average molecular weight is 321 g/mol. The normalized spacial score (nSPS) is 11.4. The molecule has 0 fully saturated rings. The third-order valence-electron chi connectivity index (χ3n) is 2.56. The number of carbonyl (C=O) groups excluding carboxylic acids is 1. The molecule has 0 aliphatic heterocycles. The van der Waals surface area contributed by atoms with Gasteiger partial charge in [0.25, 0.3) is 0 Å². The maximum absolute atomic E-state index is 12.3. The van der Waals surface area contributed by atoms with Gasteiger partial charge in [-0.3, -0.25) is 4.79 Å². The van der Waals surface area contributed by atoms with Gasteiger partial charge in [0, 0.05) is 14.1 Å². The van der Waals surface area contributed by atoms with Crippen molar-refractivity contribution in [2.45, 2.75) is 11.8 Å². The number of likely N-dealkylation sites (N-methyl/N-ethyl adjacent to an activating group) is 2. The largest absolute Gasteiger partial charge is 0.492 e. The zero-order valence-electron chi connectivity index (χ0n) is 11.5. The maximum Gasteiger partial charge on any atom is 0.243 e. The van der Waals surface area contributed by atoms with Gasteiger partial charge in [-0.15, -0.1) is 0 Å². The van der Waals surface area contributed by atoms with Crippen LogP contribution in [0.1, 0.15) is 6.92 Å². The topological polar surface area (TPSA) is 75.7 Å². The first-order valence-electron chi connectivity index (χ1n) is 5.92. The summed E-state index contributed by atoms with van der Waals surface area (Å²) in [6.07, 6.45) is 0. The fourth-order valence-corrected chi connectivity index (χ4v) is 2.91. The average Bonchev–Trinajstić information content (AvgIpc) is 2.40. The molecule has 1 N–H and O–H groups in total. The SMILES string of the molecule is CCOc1ccc(S(=O)(=O)N(C)CC(=O)NC)cc1Cl. The number of rotatable bonds is 6. The molecule has 1 amide bonds. The Labute approximate surface area is 123 Å². The van der Waals surface area contributed by atoms with Crippen molar-refractivity contribution in [2.75, 3.05) is 27.2 Å². The summed E-state index contributed by atoms with van der Waals surface area (Å²) >= 11 is 5.96. The van der Waals surface area contributed by atoms with Gasteiger partial charge >= 0.3 is 0 Å². The summed E-state index contributed by atoms with van der Waals surface area (Å²) in [5.74, 6) is 0.0233. The number of halogens is 1. The number of sulfonamides is 1. The molecule has 1 aromatic rings. The van der Waals surface area contributed by atoms with Gasteiger partial charge < -0.3 is 10.1 Å². The first-order valence-corrected chi connectivity index (χ1v) is 7.74. The fourth-order valence-electron chi connectivity index (χ4n) is 1.46. The van der Waals surface area contributed by atoms with Gasteiger partial charge in [-0.1, -0.05) is 11.6 Å². The summed E-state index contributed by atoms with van der Waals surface area (Å²) in [7, 11) is -0.997. The van der Waals surface area contributed by atoms with Crippen molar-refractivity contribution in [1.82, 2.24) is 9.62 Å². The minimum atomic E-state index is -3.77. The van der Waals surface area contributed by atoms with Crippen LogP contribution in [-0.2, 0) is 14.8 Å². The number of amides is 1. The predicted molar refractivity (Wildman–Crippen MR) is 76.5 cm³/mol. The summed E-state index contributed by atoms with van der Waals surface area (Å²) < 4.78 is 30.7. The zero-order chi connectivity index (χ0) is 15.3. The van der Waals surface area contributed by atoms with Crippen molar-refractivity contribution in [2.24, 2.45) is 0 Å². The van der Waals surface area contributed by atoms with Crippen molar-refractivity contribution >= 4 is 27.5 Å². The van der Waals surface area contributed by atoms with E-state index in [4.69, 9.17) is 16.3 Å². The summed E-state index contributed by atoms with van der Waals surface area (Å²) in [5.41, 5.74) is 0. The Morgan fingerprint density at radius 1 is 1.45 bits per heavy atom. The van der Waals surface area contributed by atoms with Crippen molar-refractivity contribution < 1.29 is 17.9 Å². The van der Waals surface area contributed by atoms with E-state index in [2.05, 4.69) is 5.32 Å². The number of benzene rings is 1. The molecule has 112 valence electrons.